The average Bonchev–Trinajstić information content (AvgIpc) is 2.61. The van der Waals surface area contributed by atoms with Gasteiger partial charge in [0.25, 0.3) is 5.69 Å². The van der Waals surface area contributed by atoms with Crippen LogP contribution in [0.2, 0.25) is 0 Å². The summed E-state index contributed by atoms with van der Waals surface area (Å²) in [6.07, 6.45) is 3.80. The number of nitrogens with one attached hydrogen (secondary N) is 1. The zero-order valence-corrected chi connectivity index (χ0v) is 14.9. The van der Waals surface area contributed by atoms with E-state index in [1.165, 1.54) is 6.07 Å². The average molecular weight is 349 g/mol. The van der Waals surface area contributed by atoms with Gasteiger partial charge in [0.15, 0.2) is 0 Å². The number of aliphatic hydroxyl groups excluding tert-OH is 1. The van der Waals surface area contributed by atoms with Gasteiger partial charge in [-0.3, -0.25) is 19.8 Å². The highest BCUT2D eigenvalue weighted by Gasteiger charge is 2.27. The number of carbonyl (C=O) groups excluding carboxylic acids is 1. The fourth-order valence-corrected chi connectivity index (χ4v) is 3.42. The fourth-order valence-electron chi connectivity index (χ4n) is 3.42. The second-order valence-corrected chi connectivity index (χ2v) is 6.58. The maximum Gasteiger partial charge on any atom is 0.274 e. The zero-order chi connectivity index (χ0) is 18.4. The van der Waals surface area contributed by atoms with Gasteiger partial charge in [0.2, 0.25) is 5.91 Å². The number of piperidine rings is 1. The second-order valence-electron chi connectivity index (χ2n) is 6.58. The summed E-state index contributed by atoms with van der Waals surface area (Å²) in [5, 5.41) is 23.9. The van der Waals surface area contributed by atoms with Gasteiger partial charge >= 0.3 is 0 Å². The molecule has 0 aromatic heterocycles. The van der Waals surface area contributed by atoms with Gasteiger partial charge in [-0.25, -0.2) is 0 Å². The highest BCUT2D eigenvalue weighted by atomic mass is 16.6. The number of benzene rings is 1. The predicted molar refractivity (Wildman–Crippen MR) is 96.6 cm³/mol. The number of nitrogens with zero attached hydrogens (tertiary/aromatic N) is 2. The van der Waals surface area contributed by atoms with Gasteiger partial charge in [-0.1, -0.05) is 19.4 Å². The normalized spacial score (nSPS) is 19.4. The van der Waals surface area contributed by atoms with Crippen molar-refractivity contribution < 1.29 is 14.8 Å². The van der Waals surface area contributed by atoms with Crippen LogP contribution >= 0.6 is 0 Å². The van der Waals surface area contributed by atoms with Crippen molar-refractivity contribution in [3.8, 4) is 0 Å². The van der Waals surface area contributed by atoms with E-state index in [4.69, 9.17) is 0 Å². The van der Waals surface area contributed by atoms with Crippen molar-refractivity contribution in [3.05, 3.63) is 33.9 Å². The van der Waals surface area contributed by atoms with Crippen LogP contribution in [0.5, 0.6) is 0 Å². The lowest BCUT2D eigenvalue weighted by Gasteiger charge is -2.38. The van der Waals surface area contributed by atoms with E-state index in [1.54, 1.807) is 19.1 Å². The molecule has 25 heavy (non-hydrogen) atoms. The molecular weight excluding hydrogens is 322 g/mol. The van der Waals surface area contributed by atoms with Gasteiger partial charge < -0.3 is 10.4 Å². The van der Waals surface area contributed by atoms with Crippen LogP contribution in [-0.2, 0) is 4.79 Å². The van der Waals surface area contributed by atoms with Crippen LogP contribution in [0.15, 0.2) is 18.2 Å². The lowest BCUT2D eigenvalue weighted by Crippen LogP contribution is -2.47. The number of nitro benzene ring substituents is 1. The zero-order valence-electron chi connectivity index (χ0n) is 14.9. The third kappa shape index (κ3) is 4.99. The molecule has 0 radical (unpaired) electrons. The number of carbonyl (C=O) groups is 1. The fraction of sp³-hybridized carbons (Fsp3) is 0.611. The summed E-state index contributed by atoms with van der Waals surface area (Å²) >= 11 is 0. The first-order chi connectivity index (χ1) is 11.9. The largest absolute Gasteiger partial charge is 0.392 e. The summed E-state index contributed by atoms with van der Waals surface area (Å²) in [7, 11) is 0. The number of hydrogen-bond donors (Lipinski definition) is 2. The molecule has 2 rings (SSSR count). The molecule has 138 valence electrons. The monoisotopic (exact) mass is 349 g/mol. The smallest absolute Gasteiger partial charge is 0.274 e. The van der Waals surface area contributed by atoms with Crippen molar-refractivity contribution in [2.45, 2.75) is 58.1 Å². The molecule has 0 spiro atoms. The van der Waals surface area contributed by atoms with Crippen molar-refractivity contribution in [2.75, 3.05) is 18.4 Å². The molecule has 1 aliphatic rings. The Bertz CT molecular complexity index is 620. The first kappa shape index (κ1) is 19.3. The molecular formula is C18H27N3O4. The molecule has 1 heterocycles. The van der Waals surface area contributed by atoms with Crippen LogP contribution in [0.4, 0.5) is 11.4 Å². The van der Waals surface area contributed by atoms with E-state index in [0.29, 0.717) is 30.6 Å². The Balaban J connectivity index is 1.94. The molecule has 0 bridgehead atoms. The lowest BCUT2D eigenvalue weighted by atomic mass is 9.95. The van der Waals surface area contributed by atoms with Crippen LogP contribution in [-0.4, -0.2) is 46.1 Å². The number of amides is 1. The van der Waals surface area contributed by atoms with Crippen LogP contribution in [0.1, 0.15) is 44.6 Å². The number of likely N-dealkylation sites (tertiary alicyclic amines) is 1. The van der Waals surface area contributed by atoms with E-state index in [9.17, 15) is 20.0 Å². The highest BCUT2D eigenvalue weighted by Crippen LogP contribution is 2.25. The standard InChI is InChI=1S/C18H27N3O4/c1-3-17(22)16-8-4-5-11-20(16)12-10-18(23)19-14-7-6-9-15(13(14)2)21(24)25/h6-7,9,16-17,22H,3-5,8,10-12H2,1-2H3,(H,19,23)/t16-,17+/m1/s1. The van der Waals surface area contributed by atoms with Crippen LogP contribution in [0.3, 0.4) is 0 Å². The molecule has 0 saturated carbocycles. The minimum atomic E-state index is -0.449. The Hall–Kier alpha value is -1.99. The minimum absolute atomic E-state index is 0.0000346. The first-order valence-electron chi connectivity index (χ1n) is 8.90. The Kier molecular flexibility index (Phi) is 6.90. The number of aliphatic hydroxyl groups is 1. The first-order valence-corrected chi connectivity index (χ1v) is 8.90. The summed E-state index contributed by atoms with van der Waals surface area (Å²) < 4.78 is 0. The molecule has 1 aliphatic heterocycles. The predicted octanol–water partition coefficient (Wildman–Crippen LogP) is 2.86. The van der Waals surface area contributed by atoms with Crippen LogP contribution in [0, 0.1) is 17.0 Å². The third-order valence-electron chi connectivity index (χ3n) is 4.93. The van der Waals surface area contributed by atoms with E-state index in [2.05, 4.69) is 10.2 Å². The van der Waals surface area contributed by atoms with Gasteiger partial charge in [-0.05, 0) is 38.8 Å². The van der Waals surface area contributed by atoms with Crippen molar-refractivity contribution in [1.29, 1.82) is 0 Å². The molecule has 7 nitrogen and oxygen atoms in total. The van der Waals surface area contributed by atoms with Gasteiger partial charge in [0, 0.05) is 25.1 Å². The van der Waals surface area contributed by atoms with E-state index in [0.717, 1.165) is 25.8 Å². The van der Waals surface area contributed by atoms with E-state index in [-0.39, 0.29) is 23.7 Å². The quantitative estimate of drug-likeness (QED) is 0.583. The molecule has 1 aromatic carbocycles. The molecule has 0 unspecified atom stereocenters. The highest BCUT2D eigenvalue weighted by molar-refractivity contribution is 5.92. The van der Waals surface area contributed by atoms with E-state index in [1.807, 2.05) is 6.92 Å². The minimum Gasteiger partial charge on any atom is -0.392 e. The van der Waals surface area contributed by atoms with E-state index < -0.39 is 4.92 Å². The summed E-state index contributed by atoms with van der Waals surface area (Å²) in [6.45, 7) is 5.08. The Labute approximate surface area is 148 Å². The molecule has 1 saturated heterocycles. The molecule has 2 N–H and O–H groups in total. The molecule has 1 amide bonds. The van der Waals surface area contributed by atoms with Crippen molar-refractivity contribution in [2.24, 2.45) is 0 Å². The Morgan fingerprint density at radius 2 is 2.24 bits per heavy atom. The summed E-state index contributed by atoms with van der Waals surface area (Å²) in [6, 6.07) is 4.78. The molecule has 1 aromatic rings. The number of anilines is 1. The maximum absolute atomic E-state index is 12.3. The molecule has 7 heteroatoms. The summed E-state index contributed by atoms with van der Waals surface area (Å²) in [4.78, 5) is 25.0. The van der Waals surface area contributed by atoms with Gasteiger partial charge in [0.1, 0.15) is 0 Å². The summed E-state index contributed by atoms with van der Waals surface area (Å²) in [5.74, 6) is -0.168. The van der Waals surface area contributed by atoms with Crippen molar-refractivity contribution in [3.63, 3.8) is 0 Å². The number of nitro groups is 1. The van der Waals surface area contributed by atoms with Crippen LogP contribution in [0.25, 0.3) is 0 Å². The Morgan fingerprint density at radius 3 is 2.92 bits per heavy atom. The van der Waals surface area contributed by atoms with Crippen molar-refractivity contribution in [1.82, 2.24) is 4.90 Å². The third-order valence-corrected chi connectivity index (χ3v) is 4.93. The second kappa shape index (κ2) is 8.92. The Morgan fingerprint density at radius 1 is 1.48 bits per heavy atom. The van der Waals surface area contributed by atoms with Crippen LogP contribution < -0.4 is 5.32 Å². The summed E-state index contributed by atoms with van der Waals surface area (Å²) in [5.41, 5.74) is 0.932. The van der Waals surface area contributed by atoms with E-state index >= 15 is 0 Å². The molecule has 0 aliphatic carbocycles. The SMILES string of the molecule is CC[C@H](O)[C@H]1CCCCN1CCC(=O)Nc1cccc([N+](=O)[O-])c1C. The lowest BCUT2D eigenvalue weighted by molar-refractivity contribution is -0.385. The van der Waals surface area contributed by atoms with Gasteiger partial charge in [0.05, 0.1) is 22.3 Å². The number of rotatable bonds is 7. The van der Waals surface area contributed by atoms with Gasteiger partial charge in [-0.15, -0.1) is 0 Å². The molecule has 2 atom stereocenters. The van der Waals surface area contributed by atoms with Crippen molar-refractivity contribution >= 4 is 17.3 Å². The topological polar surface area (TPSA) is 95.7 Å². The number of hydrogen-bond acceptors (Lipinski definition) is 5. The van der Waals surface area contributed by atoms with Gasteiger partial charge in [-0.2, -0.15) is 0 Å². The molecule has 1 fully saturated rings. The maximum atomic E-state index is 12.3.